The Kier molecular flexibility index (Phi) is 6.50. The summed E-state index contributed by atoms with van der Waals surface area (Å²) in [5.74, 6) is 1.34. The van der Waals surface area contributed by atoms with Crippen molar-refractivity contribution in [2.75, 3.05) is 44.7 Å². The van der Waals surface area contributed by atoms with Gasteiger partial charge in [0, 0.05) is 31.7 Å². The Morgan fingerprint density at radius 3 is 2.34 bits per heavy atom. The smallest absolute Gasteiger partial charge is 0.275 e. The first-order valence-corrected chi connectivity index (χ1v) is 12.6. The standard InChI is InChI=1S/C28H34N4O3/c1-21-12-14-28(15-13-21)29-26(22-8-4-3-5-9-22)27(34)32(28)20-25(33)31-18-16-30(17-19-31)23-10-6-7-11-24(23)35-2/h3-11,21H,12-20H2,1-2H3. The van der Waals surface area contributed by atoms with Crippen molar-refractivity contribution in [3.8, 4) is 5.75 Å². The zero-order valence-electron chi connectivity index (χ0n) is 20.7. The molecule has 2 fully saturated rings. The van der Waals surface area contributed by atoms with E-state index in [4.69, 9.17) is 9.73 Å². The first kappa shape index (κ1) is 23.4. The molecule has 0 N–H and O–H groups in total. The van der Waals surface area contributed by atoms with Gasteiger partial charge in [-0.2, -0.15) is 0 Å². The summed E-state index contributed by atoms with van der Waals surface area (Å²) in [4.78, 5) is 38.0. The number of rotatable bonds is 5. The molecule has 184 valence electrons. The third kappa shape index (κ3) is 4.51. The van der Waals surface area contributed by atoms with Crippen LogP contribution >= 0.6 is 0 Å². The van der Waals surface area contributed by atoms with E-state index in [0.29, 0.717) is 24.7 Å². The molecule has 2 aliphatic heterocycles. The van der Waals surface area contributed by atoms with E-state index in [9.17, 15) is 9.59 Å². The van der Waals surface area contributed by atoms with Crippen molar-refractivity contribution in [1.82, 2.24) is 9.80 Å². The quantitative estimate of drug-likeness (QED) is 0.665. The highest BCUT2D eigenvalue weighted by molar-refractivity contribution is 6.47. The lowest BCUT2D eigenvalue weighted by molar-refractivity contribution is -0.141. The van der Waals surface area contributed by atoms with Crippen LogP contribution in [-0.4, -0.2) is 72.8 Å². The van der Waals surface area contributed by atoms with Crippen molar-refractivity contribution in [1.29, 1.82) is 0 Å². The highest BCUT2D eigenvalue weighted by Gasteiger charge is 2.49. The molecule has 35 heavy (non-hydrogen) atoms. The lowest BCUT2D eigenvalue weighted by atomic mass is 9.82. The first-order chi connectivity index (χ1) is 17.0. The SMILES string of the molecule is COc1ccccc1N1CCN(C(=O)CN2C(=O)C(c3ccccc3)=NC23CCC(C)CC3)CC1. The summed E-state index contributed by atoms with van der Waals surface area (Å²) < 4.78 is 5.51. The summed E-state index contributed by atoms with van der Waals surface area (Å²) in [6.07, 6.45) is 3.65. The van der Waals surface area contributed by atoms with Gasteiger partial charge in [0.2, 0.25) is 5.91 Å². The number of para-hydroxylation sites is 2. The number of hydrogen-bond donors (Lipinski definition) is 0. The molecule has 1 aliphatic carbocycles. The number of nitrogens with zero attached hydrogens (tertiary/aromatic N) is 4. The zero-order valence-corrected chi connectivity index (χ0v) is 20.7. The average molecular weight is 475 g/mol. The second-order valence-corrected chi connectivity index (χ2v) is 9.92. The van der Waals surface area contributed by atoms with Crippen molar-refractivity contribution < 1.29 is 14.3 Å². The van der Waals surface area contributed by atoms with Crippen molar-refractivity contribution in [3.05, 3.63) is 60.2 Å². The second kappa shape index (κ2) is 9.72. The third-order valence-corrected chi connectivity index (χ3v) is 7.74. The van der Waals surface area contributed by atoms with Crippen LogP contribution in [0.3, 0.4) is 0 Å². The van der Waals surface area contributed by atoms with Crippen molar-refractivity contribution >= 4 is 23.2 Å². The number of hydrogen-bond acceptors (Lipinski definition) is 5. The van der Waals surface area contributed by atoms with Gasteiger partial charge in [0.25, 0.3) is 5.91 Å². The van der Waals surface area contributed by atoms with E-state index in [2.05, 4.69) is 17.9 Å². The van der Waals surface area contributed by atoms with Crippen LogP contribution in [0.4, 0.5) is 5.69 Å². The molecule has 1 spiro atoms. The topological polar surface area (TPSA) is 65.5 Å². The molecule has 7 nitrogen and oxygen atoms in total. The van der Waals surface area contributed by atoms with Gasteiger partial charge >= 0.3 is 0 Å². The molecule has 0 radical (unpaired) electrons. The van der Waals surface area contributed by atoms with Crippen LogP contribution in [-0.2, 0) is 9.59 Å². The predicted molar refractivity (Wildman–Crippen MR) is 137 cm³/mol. The molecule has 0 unspecified atom stereocenters. The maximum Gasteiger partial charge on any atom is 0.275 e. The van der Waals surface area contributed by atoms with Crippen molar-refractivity contribution in [2.24, 2.45) is 10.9 Å². The van der Waals surface area contributed by atoms with E-state index in [1.165, 1.54) is 0 Å². The molecule has 1 saturated heterocycles. The molecule has 0 atom stereocenters. The van der Waals surface area contributed by atoms with Gasteiger partial charge in [-0.3, -0.25) is 14.6 Å². The summed E-state index contributed by atoms with van der Waals surface area (Å²) in [6.45, 7) is 5.04. The molecule has 2 amide bonds. The minimum Gasteiger partial charge on any atom is -0.495 e. The molecule has 2 aromatic carbocycles. The van der Waals surface area contributed by atoms with Crippen LogP contribution in [0.15, 0.2) is 59.6 Å². The number of anilines is 1. The minimum atomic E-state index is -0.594. The molecule has 7 heteroatoms. The summed E-state index contributed by atoms with van der Waals surface area (Å²) in [7, 11) is 1.68. The van der Waals surface area contributed by atoms with Crippen LogP contribution < -0.4 is 9.64 Å². The van der Waals surface area contributed by atoms with Gasteiger partial charge in [-0.05, 0) is 43.7 Å². The van der Waals surface area contributed by atoms with Crippen LogP contribution in [0.5, 0.6) is 5.75 Å². The summed E-state index contributed by atoms with van der Waals surface area (Å²) in [5.41, 5.74) is 1.78. The fourth-order valence-electron chi connectivity index (χ4n) is 5.57. The fourth-order valence-corrected chi connectivity index (χ4v) is 5.57. The van der Waals surface area contributed by atoms with E-state index >= 15 is 0 Å². The van der Waals surface area contributed by atoms with Crippen LogP contribution in [0.2, 0.25) is 0 Å². The number of methoxy groups -OCH3 is 1. The molecule has 1 saturated carbocycles. The number of benzene rings is 2. The lowest BCUT2D eigenvalue weighted by Crippen LogP contribution is -2.56. The van der Waals surface area contributed by atoms with Gasteiger partial charge in [-0.1, -0.05) is 49.4 Å². The number of ether oxygens (including phenoxy) is 1. The van der Waals surface area contributed by atoms with Gasteiger partial charge < -0.3 is 19.4 Å². The Morgan fingerprint density at radius 2 is 1.66 bits per heavy atom. The highest BCUT2D eigenvalue weighted by atomic mass is 16.5. The number of carbonyl (C=O) groups is 2. The monoisotopic (exact) mass is 474 g/mol. The maximum absolute atomic E-state index is 13.6. The number of carbonyl (C=O) groups excluding carboxylic acids is 2. The van der Waals surface area contributed by atoms with Crippen LogP contribution in [0.1, 0.15) is 38.2 Å². The molecule has 0 aromatic heterocycles. The summed E-state index contributed by atoms with van der Waals surface area (Å²) >= 11 is 0. The molecule has 2 heterocycles. The Hall–Kier alpha value is -3.35. The minimum absolute atomic E-state index is 0.000496. The van der Waals surface area contributed by atoms with E-state index in [-0.39, 0.29) is 18.4 Å². The van der Waals surface area contributed by atoms with Gasteiger partial charge in [-0.15, -0.1) is 0 Å². The molecular formula is C28H34N4O3. The highest BCUT2D eigenvalue weighted by Crippen LogP contribution is 2.41. The Morgan fingerprint density at radius 1 is 1.00 bits per heavy atom. The van der Waals surface area contributed by atoms with E-state index in [0.717, 1.165) is 55.8 Å². The summed E-state index contributed by atoms with van der Waals surface area (Å²) in [5, 5.41) is 0. The molecular weight excluding hydrogens is 440 g/mol. The number of aliphatic imine (C=N–C) groups is 1. The van der Waals surface area contributed by atoms with E-state index < -0.39 is 5.66 Å². The molecule has 3 aliphatic rings. The Labute approximate surface area is 207 Å². The van der Waals surface area contributed by atoms with E-state index in [1.54, 1.807) is 12.0 Å². The zero-order chi connectivity index (χ0) is 24.4. The van der Waals surface area contributed by atoms with Gasteiger partial charge in [0.1, 0.15) is 23.7 Å². The van der Waals surface area contributed by atoms with Crippen LogP contribution in [0, 0.1) is 5.92 Å². The molecule has 5 rings (SSSR count). The van der Waals surface area contributed by atoms with E-state index in [1.807, 2.05) is 53.4 Å². The summed E-state index contributed by atoms with van der Waals surface area (Å²) in [6, 6.07) is 17.6. The fraction of sp³-hybridized carbons (Fsp3) is 0.464. The van der Waals surface area contributed by atoms with Gasteiger partial charge in [-0.25, -0.2) is 0 Å². The number of amides is 2. The van der Waals surface area contributed by atoms with Gasteiger partial charge in [0.05, 0.1) is 12.8 Å². The maximum atomic E-state index is 13.6. The van der Waals surface area contributed by atoms with Crippen molar-refractivity contribution in [2.45, 2.75) is 38.3 Å². The lowest BCUT2D eigenvalue weighted by Gasteiger charge is -2.42. The van der Waals surface area contributed by atoms with Gasteiger partial charge in [0.15, 0.2) is 0 Å². The molecule has 0 bridgehead atoms. The normalized spacial score (nSPS) is 24.6. The van der Waals surface area contributed by atoms with Crippen LogP contribution in [0.25, 0.3) is 0 Å². The number of piperazine rings is 1. The largest absolute Gasteiger partial charge is 0.495 e. The molecule has 2 aromatic rings. The van der Waals surface area contributed by atoms with Crippen molar-refractivity contribution in [3.63, 3.8) is 0 Å². The predicted octanol–water partition coefficient (Wildman–Crippen LogP) is 3.58. The second-order valence-electron chi connectivity index (χ2n) is 9.92. The average Bonchev–Trinajstić information content (AvgIpc) is 3.17. The Bertz CT molecular complexity index is 1100. The Balaban J connectivity index is 1.30. The first-order valence-electron chi connectivity index (χ1n) is 12.6. The third-order valence-electron chi connectivity index (χ3n) is 7.74.